The van der Waals surface area contributed by atoms with E-state index < -0.39 is 4.92 Å². The first kappa shape index (κ1) is 13.5. The van der Waals surface area contributed by atoms with Crippen LogP contribution in [0.5, 0.6) is 5.75 Å². The molecule has 1 fully saturated rings. The molecular formula is C14H17NO4. The smallest absolute Gasteiger partial charge is 0.311 e. The van der Waals surface area contributed by atoms with Gasteiger partial charge >= 0.3 is 5.69 Å². The van der Waals surface area contributed by atoms with Crippen LogP contribution >= 0.6 is 0 Å². The van der Waals surface area contributed by atoms with Crippen molar-refractivity contribution in [1.82, 2.24) is 0 Å². The number of carbonyl (C=O) groups is 1. The molecule has 0 aromatic heterocycles. The lowest BCUT2D eigenvalue weighted by Crippen LogP contribution is -2.12. The van der Waals surface area contributed by atoms with Gasteiger partial charge in [0.25, 0.3) is 0 Å². The molecule has 0 bridgehead atoms. The molecule has 5 nitrogen and oxygen atoms in total. The average Bonchev–Trinajstić information content (AvgIpc) is 2.77. The maximum absolute atomic E-state index is 11.5. The van der Waals surface area contributed by atoms with Gasteiger partial charge in [0.2, 0.25) is 0 Å². The number of para-hydroxylation sites is 1. The molecule has 19 heavy (non-hydrogen) atoms. The Morgan fingerprint density at radius 2 is 2.26 bits per heavy atom. The zero-order valence-corrected chi connectivity index (χ0v) is 10.9. The normalized spacial score (nSPS) is 18.6. The number of nitro benzene ring substituents is 1. The molecule has 0 saturated heterocycles. The minimum Gasteiger partial charge on any atom is -0.487 e. The van der Waals surface area contributed by atoms with Crippen LogP contribution < -0.4 is 4.74 Å². The third kappa shape index (κ3) is 3.10. The molecule has 2 rings (SSSR count). The number of ether oxygens (including phenoxy) is 1. The van der Waals surface area contributed by atoms with Crippen LogP contribution in [0, 0.1) is 23.0 Å². The summed E-state index contributed by atoms with van der Waals surface area (Å²) in [5.74, 6) is 0.684. The minimum atomic E-state index is -0.441. The number of hydrogen-bond donors (Lipinski definition) is 0. The van der Waals surface area contributed by atoms with Gasteiger partial charge in [-0.1, -0.05) is 12.1 Å². The van der Waals surface area contributed by atoms with Crippen LogP contribution in [0.1, 0.15) is 31.2 Å². The number of rotatable bonds is 5. The Kier molecular flexibility index (Phi) is 4.14. The highest BCUT2D eigenvalue weighted by Crippen LogP contribution is 2.31. The summed E-state index contributed by atoms with van der Waals surface area (Å²) in [5.41, 5.74) is 0.727. The molecule has 1 aromatic rings. The Morgan fingerprint density at radius 3 is 2.89 bits per heavy atom. The predicted octanol–water partition coefficient (Wildman–Crippen LogP) is 3.04. The van der Waals surface area contributed by atoms with E-state index in [-0.39, 0.29) is 11.6 Å². The summed E-state index contributed by atoms with van der Waals surface area (Å²) in [4.78, 5) is 22.0. The van der Waals surface area contributed by atoms with E-state index >= 15 is 0 Å². The minimum absolute atomic E-state index is 0.0160. The SMILES string of the molecule is Cc1cccc([N+](=O)[O-])c1OCCC1CCCC1=O. The number of ketones is 1. The van der Waals surface area contributed by atoms with Crippen LogP contribution in [0.3, 0.4) is 0 Å². The molecule has 1 atom stereocenters. The zero-order chi connectivity index (χ0) is 13.8. The van der Waals surface area contributed by atoms with Gasteiger partial charge in [-0.3, -0.25) is 14.9 Å². The summed E-state index contributed by atoms with van der Waals surface area (Å²) < 4.78 is 5.55. The lowest BCUT2D eigenvalue weighted by Gasteiger charge is -2.11. The van der Waals surface area contributed by atoms with Crippen molar-refractivity contribution < 1.29 is 14.5 Å². The highest BCUT2D eigenvalue weighted by atomic mass is 16.6. The molecule has 1 saturated carbocycles. The Balaban J connectivity index is 1.99. The van der Waals surface area contributed by atoms with Gasteiger partial charge < -0.3 is 4.74 Å². The summed E-state index contributed by atoms with van der Waals surface area (Å²) in [5, 5.41) is 10.9. The summed E-state index contributed by atoms with van der Waals surface area (Å²) >= 11 is 0. The quantitative estimate of drug-likeness (QED) is 0.604. The molecule has 1 unspecified atom stereocenters. The zero-order valence-electron chi connectivity index (χ0n) is 10.9. The third-order valence-electron chi connectivity index (χ3n) is 3.53. The van der Waals surface area contributed by atoms with Crippen LogP contribution in [-0.4, -0.2) is 17.3 Å². The fourth-order valence-corrected chi connectivity index (χ4v) is 2.46. The van der Waals surface area contributed by atoms with Crippen molar-refractivity contribution in [2.24, 2.45) is 5.92 Å². The maximum atomic E-state index is 11.5. The summed E-state index contributed by atoms with van der Waals surface area (Å²) in [6, 6.07) is 4.85. The second-order valence-corrected chi connectivity index (χ2v) is 4.87. The maximum Gasteiger partial charge on any atom is 0.311 e. The average molecular weight is 263 g/mol. The van der Waals surface area contributed by atoms with Crippen LogP contribution in [0.25, 0.3) is 0 Å². The second-order valence-electron chi connectivity index (χ2n) is 4.87. The monoisotopic (exact) mass is 263 g/mol. The van der Waals surface area contributed by atoms with Crippen LogP contribution in [0.15, 0.2) is 18.2 Å². The van der Waals surface area contributed by atoms with Crippen molar-refractivity contribution in [3.05, 3.63) is 33.9 Å². The fraction of sp³-hybridized carbons (Fsp3) is 0.500. The standard InChI is InChI=1S/C14H17NO4/c1-10-4-2-6-12(15(17)18)14(10)19-9-8-11-5-3-7-13(11)16/h2,4,6,11H,3,5,7-9H2,1H3. The van der Waals surface area contributed by atoms with Gasteiger partial charge in [-0.2, -0.15) is 0 Å². The summed E-state index contributed by atoms with van der Waals surface area (Å²) in [7, 11) is 0. The second kappa shape index (κ2) is 5.82. The fourth-order valence-electron chi connectivity index (χ4n) is 2.46. The van der Waals surface area contributed by atoms with E-state index in [0.29, 0.717) is 31.0 Å². The van der Waals surface area contributed by atoms with Crippen LogP contribution in [0.4, 0.5) is 5.69 Å². The summed E-state index contributed by atoms with van der Waals surface area (Å²) in [6.45, 7) is 2.13. The number of nitro groups is 1. The van der Waals surface area contributed by atoms with Gasteiger partial charge in [-0.15, -0.1) is 0 Å². The third-order valence-corrected chi connectivity index (χ3v) is 3.53. The van der Waals surface area contributed by atoms with Gasteiger partial charge in [0.1, 0.15) is 5.78 Å². The lowest BCUT2D eigenvalue weighted by atomic mass is 10.0. The molecule has 102 valence electrons. The van der Waals surface area contributed by atoms with Gasteiger partial charge in [0.15, 0.2) is 5.75 Å². The molecular weight excluding hydrogens is 246 g/mol. The van der Waals surface area contributed by atoms with E-state index in [2.05, 4.69) is 0 Å². The van der Waals surface area contributed by atoms with Crippen molar-refractivity contribution in [3.8, 4) is 5.75 Å². The molecule has 0 spiro atoms. The Labute approximate surface area is 111 Å². The predicted molar refractivity (Wildman–Crippen MR) is 70.3 cm³/mol. The first-order valence-corrected chi connectivity index (χ1v) is 6.49. The molecule has 0 radical (unpaired) electrons. The van der Waals surface area contributed by atoms with Gasteiger partial charge in [0, 0.05) is 18.4 Å². The molecule has 5 heteroatoms. The Hall–Kier alpha value is -1.91. The molecule has 0 N–H and O–H groups in total. The van der Waals surface area contributed by atoms with E-state index in [1.54, 1.807) is 19.1 Å². The van der Waals surface area contributed by atoms with Gasteiger partial charge in [-0.05, 0) is 31.7 Å². The van der Waals surface area contributed by atoms with E-state index in [4.69, 9.17) is 4.74 Å². The number of hydrogen-bond acceptors (Lipinski definition) is 4. The number of aryl methyl sites for hydroxylation is 1. The Morgan fingerprint density at radius 1 is 1.47 bits per heavy atom. The molecule has 1 aliphatic rings. The van der Waals surface area contributed by atoms with Gasteiger partial charge in [0.05, 0.1) is 11.5 Å². The number of nitrogens with zero attached hydrogens (tertiary/aromatic N) is 1. The van der Waals surface area contributed by atoms with Crippen LogP contribution in [0.2, 0.25) is 0 Å². The van der Waals surface area contributed by atoms with Crippen molar-refractivity contribution in [3.63, 3.8) is 0 Å². The first-order chi connectivity index (χ1) is 9.09. The highest BCUT2D eigenvalue weighted by Gasteiger charge is 2.24. The lowest BCUT2D eigenvalue weighted by molar-refractivity contribution is -0.385. The number of Topliss-reactive ketones (excluding diaryl/α,β-unsaturated/α-hetero) is 1. The van der Waals surface area contributed by atoms with Crippen molar-refractivity contribution >= 4 is 11.5 Å². The van der Waals surface area contributed by atoms with Crippen LogP contribution in [-0.2, 0) is 4.79 Å². The number of carbonyl (C=O) groups excluding carboxylic acids is 1. The molecule has 0 amide bonds. The Bertz CT molecular complexity index is 498. The molecule has 0 aliphatic heterocycles. The molecule has 1 aliphatic carbocycles. The van der Waals surface area contributed by atoms with E-state index in [1.807, 2.05) is 0 Å². The first-order valence-electron chi connectivity index (χ1n) is 6.49. The van der Waals surface area contributed by atoms with E-state index in [1.165, 1.54) is 6.07 Å². The molecule has 0 heterocycles. The van der Waals surface area contributed by atoms with E-state index in [0.717, 1.165) is 18.4 Å². The highest BCUT2D eigenvalue weighted by molar-refractivity contribution is 5.82. The topological polar surface area (TPSA) is 69.4 Å². The largest absolute Gasteiger partial charge is 0.487 e. The number of benzene rings is 1. The summed E-state index contributed by atoms with van der Waals surface area (Å²) in [6.07, 6.45) is 3.17. The van der Waals surface area contributed by atoms with Crippen molar-refractivity contribution in [2.45, 2.75) is 32.6 Å². The van der Waals surface area contributed by atoms with Crippen molar-refractivity contribution in [2.75, 3.05) is 6.61 Å². The van der Waals surface area contributed by atoms with Crippen molar-refractivity contribution in [1.29, 1.82) is 0 Å². The molecule has 1 aromatic carbocycles. The van der Waals surface area contributed by atoms with E-state index in [9.17, 15) is 14.9 Å². The van der Waals surface area contributed by atoms with Gasteiger partial charge in [-0.25, -0.2) is 0 Å².